The first-order valence-electron chi connectivity index (χ1n) is 11.5. The van der Waals surface area contributed by atoms with Gasteiger partial charge in [-0.3, -0.25) is 8.98 Å². The lowest BCUT2D eigenvalue weighted by molar-refractivity contribution is -0.150. The number of carbonyl (C=O) groups is 1. The van der Waals surface area contributed by atoms with Gasteiger partial charge >= 0.3 is 5.97 Å². The maximum atomic E-state index is 13.2. The van der Waals surface area contributed by atoms with Crippen molar-refractivity contribution in [2.45, 2.75) is 56.7 Å². The molecule has 1 aromatic rings. The number of benzene rings is 1. The van der Waals surface area contributed by atoms with E-state index < -0.39 is 54.0 Å². The van der Waals surface area contributed by atoms with Crippen molar-refractivity contribution in [2.75, 3.05) is 20.0 Å². The van der Waals surface area contributed by atoms with E-state index in [-0.39, 0.29) is 11.6 Å². The second-order valence-corrected chi connectivity index (χ2v) is 17.0. The highest BCUT2D eigenvalue weighted by Gasteiger charge is 2.63. The zero-order valence-electron chi connectivity index (χ0n) is 21.4. The molecule has 3 rings (SSSR count). The minimum atomic E-state index is -3.86. The molecular weight excluding hydrogens is 488 g/mol. The van der Waals surface area contributed by atoms with E-state index in [0.717, 1.165) is 6.26 Å². The van der Waals surface area contributed by atoms with Crippen molar-refractivity contribution in [3.63, 3.8) is 0 Å². The molecule has 0 saturated carbocycles. The van der Waals surface area contributed by atoms with E-state index in [9.17, 15) is 13.2 Å². The van der Waals surface area contributed by atoms with Crippen molar-refractivity contribution in [1.29, 1.82) is 0 Å². The van der Waals surface area contributed by atoms with Crippen molar-refractivity contribution in [3.05, 3.63) is 49.1 Å². The fourth-order valence-corrected chi connectivity index (χ4v) is 6.10. The van der Waals surface area contributed by atoms with Gasteiger partial charge in [0.05, 0.1) is 31.3 Å². The predicted molar refractivity (Wildman–Crippen MR) is 135 cm³/mol. The molecule has 1 saturated heterocycles. The summed E-state index contributed by atoms with van der Waals surface area (Å²) < 4.78 is 53.0. The predicted octanol–water partition coefficient (Wildman–Crippen LogP) is 4.09. The summed E-state index contributed by atoms with van der Waals surface area (Å²) in [7, 11) is -4.54. The van der Waals surface area contributed by atoms with Gasteiger partial charge in [0.2, 0.25) is 0 Å². The summed E-state index contributed by atoms with van der Waals surface area (Å²) >= 11 is 0. The SMILES string of the molecule is C=CC(OS(C)(=O)=O)C1C(=O)O[C@@]2(COc3ccc(OC)cc3)C=C[C@@H](O[Si](C)(C)C(C)(C)C)[C@@H]12. The Kier molecular flexibility index (Phi) is 7.62. The van der Waals surface area contributed by atoms with Gasteiger partial charge in [0.25, 0.3) is 10.1 Å². The number of rotatable bonds is 10. The molecule has 0 N–H and O–H groups in total. The lowest BCUT2D eigenvalue weighted by Crippen LogP contribution is -2.50. The number of hydrogen-bond donors (Lipinski definition) is 0. The quantitative estimate of drug-likeness (QED) is 0.195. The number of esters is 1. The third-order valence-electron chi connectivity index (χ3n) is 7.07. The molecule has 194 valence electrons. The molecule has 1 heterocycles. The maximum absolute atomic E-state index is 13.2. The van der Waals surface area contributed by atoms with E-state index in [1.165, 1.54) is 6.08 Å². The summed E-state index contributed by atoms with van der Waals surface area (Å²) in [5.41, 5.74) is -1.14. The smallest absolute Gasteiger partial charge is 0.313 e. The van der Waals surface area contributed by atoms with E-state index in [0.29, 0.717) is 11.5 Å². The van der Waals surface area contributed by atoms with Crippen molar-refractivity contribution in [3.8, 4) is 11.5 Å². The van der Waals surface area contributed by atoms with Crippen LogP contribution in [0, 0.1) is 11.8 Å². The van der Waals surface area contributed by atoms with Gasteiger partial charge in [-0.05, 0) is 48.5 Å². The van der Waals surface area contributed by atoms with Crippen LogP contribution in [0.3, 0.4) is 0 Å². The first-order valence-corrected chi connectivity index (χ1v) is 16.2. The lowest BCUT2D eigenvalue weighted by Gasteiger charge is -2.41. The molecule has 0 bridgehead atoms. The van der Waals surface area contributed by atoms with E-state index in [4.69, 9.17) is 22.8 Å². The molecule has 2 aliphatic rings. The second kappa shape index (κ2) is 9.72. The summed E-state index contributed by atoms with van der Waals surface area (Å²) in [6, 6.07) is 7.08. The van der Waals surface area contributed by atoms with Crippen LogP contribution in [-0.4, -0.2) is 60.5 Å². The molecule has 0 aromatic heterocycles. The lowest BCUT2D eigenvalue weighted by atomic mass is 9.79. The Bertz CT molecular complexity index is 1070. The molecule has 35 heavy (non-hydrogen) atoms. The molecule has 10 heteroatoms. The Morgan fingerprint density at radius 3 is 2.31 bits per heavy atom. The first kappa shape index (κ1) is 27.4. The van der Waals surface area contributed by atoms with Gasteiger partial charge < -0.3 is 18.6 Å². The van der Waals surface area contributed by atoms with E-state index >= 15 is 0 Å². The minimum absolute atomic E-state index is 0.0306. The molecular formula is C25H36O8SSi. The number of fused-ring (bicyclic) bond motifs is 1. The largest absolute Gasteiger partial charge is 0.497 e. The molecule has 1 aliphatic carbocycles. The Labute approximate surface area is 209 Å². The zero-order valence-corrected chi connectivity index (χ0v) is 23.3. The van der Waals surface area contributed by atoms with Crippen LogP contribution < -0.4 is 9.47 Å². The van der Waals surface area contributed by atoms with Gasteiger partial charge in [0.1, 0.15) is 24.2 Å². The highest BCUT2D eigenvalue weighted by atomic mass is 32.2. The molecule has 5 atom stereocenters. The van der Waals surface area contributed by atoms with Crippen LogP contribution in [0.1, 0.15) is 20.8 Å². The average molecular weight is 525 g/mol. The first-order chi connectivity index (χ1) is 16.1. The Hall–Kier alpha value is -2.14. The summed E-state index contributed by atoms with van der Waals surface area (Å²) in [5.74, 6) is -0.807. The van der Waals surface area contributed by atoms with Crippen LogP contribution in [0.2, 0.25) is 18.1 Å². The number of methoxy groups -OCH3 is 1. The molecule has 2 unspecified atom stereocenters. The van der Waals surface area contributed by atoms with Gasteiger partial charge in [-0.15, -0.1) is 6.58 Å². The van der Waals surface area contributed by atoms with Crippen molar-refractivity contribution in [2.24, 2.45) is 11.8 Å². The topological polar surface area (TPSA) is 97.4 Å². The molecule has 1 aromatic carbocycles. The number of carbonyl (C=O) groups excluding carboxylic acids is 1. The van der Waals surface area contributed by atoms with Crippen LogP contribution in [0.25, 0.3) is 0 Å². The third kappa shape index (κ3) is 5.82. The fourth-order valence-electron chi connectivity index (χ4n) is 4.24. The van der Waals surface area contributed by atoms with Crippen LogP contribution in [-0.2, 0) is 28.3 Å². The van der Waals surface area contributed by atoms with Gasteiger partial charge in [-0.1, -0.05) is 32.9 Å². The molecule has 1 fully saturated rings. The number of ether oxygens (including phenoxy) is 3. The third-order valence-corrected chi connectivity index (χ3v) is 12.1. The van der Waals surface area contributed by atoms with Crippen LogP contribution in [0.4, 0.5) is 0 Å². The summed E-state index contributed by atoms with van der Waals surface area (Å²) in [5, 5.41) is -0.0776. The van der Waals surface area contributed by atoms with Crippen LogP contribution in [0.15, 0.2) is 49.1 Å². The van der Waals surface area contributed by atoms with Crippen molar-refractivity contribution >= 4 is 24.4 Å². The van der Waals surface area contributed by atoms with E-state index in [1.807, 2.05) is 6.08 Å². The van der Waals surface area contributed by atoms with E-state index in [2.05, 4.69) is 40.4 Å². The highest BCUT2D eigenvalue weighted by molar-refractivity contribution is 7.86. The zero-order chi connectivity index (χ0) is 26.2. The minimum Gasteiger partial charge on any atom is -0.497 e. The Morgan fingerprint density at radius 1 is 1.20 bits per heavy atom. The van der Waals surface area contributed by atoms with Gasteiger partial charge in [0.15, 0.2) is 13.9 Å². The van der Waals surface area contributed by atoms with Gasteiger partial charge in [0, 0.05) is 0 Å². The van der Waals surface area contributed by atoms with Crippen LogP contribution in [0.5, 0.6) is 11.5 Å². The molecule has 8 nitrogen and oxygen atoms in total. The molecule has 0 spiro atoms. The Morgan fingerprint density at radius 2 is 1.80 bits per heavy atom. The second-order valence-electron chi connectivity index (χ2n) is 10.6. The summed E-state index contributed by atoms with van der Waals surface area (Å²) in [6.45, 7) is 14.4. The molecule has 1 aliphatic heterocycles. The van der Waals surface area contributed by atoms with Gasteiger partial charge in [-0.2, -0.15) is 8.42 Å². The highest BCUT2D eigenvalue weighted by Crippen LogP contribution is 2.50. The van der Waals surface area contributed by atoms with Crippen LogP contribution >= 0.6 is 0 Å². The standard InChI is InChI=1S/C25H36O8SSi/c1-9-19(32-34(6,27)28)21-22-20(33-35(7,8)24(2,3)4)14-15-25(22,31-23(21)26)16-30-18-12-10-17(29-5)11-13-18/h9-15,19-22H,1,16H2,2-8H3/t19?,20-,21?,22+,25-/m1/s1. The van der Waals surface area contributed by atoms with Crippen molar-refractivity contribution < 1.29 is 36.0 Å². The molecule has 0 radical (unpaired) electrons. The van der Waals surface area contributed by atoms with E-state index in [1.54, 1.807) is 37.5 Å². The number of hydrogen-bond acceptors (Lipinski definition) is 8. The molecule has 0 amide bonds. The van der Waals surface area contributed by atoms with Crippen molar-refractivity contribution in [1.82, 2.24) is 0 Å². The normalized spacial score (nSPS) is 27.3. The summed E-state index contributed by atoms with van der Waals surface area (Å²) in [4.78, 5) is 13.2. The average Bonchev–Trinajstić information content (AvgIpc) is 3.22. The maximum Gasteiger partial charge on any atom is 0.313 e. The van der Waals surface area contributed by atoms with Gasteiger partial charge in [-0.25, -0.2) is 0 Å². The summed E-state index contributed by atoms with van der Waals surface area (Å²) in [6.07, 6.45) is 4.38. The monoisotopic (exact) mass is 524 g/mol. The fraction of sp³-hybridized carbons (Fsp3) is 0.560. The Balaban J connectivity index is 1.96.